The van der Waals surface area contributed by atoms with E-state index in [-0.39, 0.29) is 36.7 Å². The van der Waals surface area contributed by atoms with Crippen LogP contribution in [0.3, 0.4) is 0 Å². The maximum absolute atomic E-state index is 13.5. The van der Waals surface area contributed by atoms with Crippen molar-refractivity contribution in [3.05, 3.63) is 6.33 Å². The molecule has 154 valence electrons. The number of aromatic nitrogens is 3. The Bertz CT molecular complexity index is 768. The number of ether oxygens (including phenoxy) is 1. The van der Waals surface area contributed by atoms with Crippen LogP contribution in [0.15, 0.2) is 6.33 Å². The number of carbonyl (C=O) groups excluding carboxylic acids is 2. The molecule has 0 aliphatic carbocycles. The molecule has 1 aromatic heterocycles. The molecule has 4 rings (SSSR count). The van der Waals surface area contributed by atoms with Crippen molar-refractivity contribution in [2.24, 2.45) is 11.8 Å². The Hall–Kier alpha value is -2.26. The monoisotopic (exact) mass is 397 g/mol. The number of piperidine rings is 1. The average molecular weight is 397 g/mol. The van der Waals surface area contributed by atoms with E-state index in [0.29, 0.717) is 19.0 Å². The maximum atomic E-state index is 13.5. The molecule has 1 amide bonds. The summed E-state index contributed by atoms with van der Waals surface area (Å²) in [4.78, 5) is 30.5. The Labute approximate surface area is 161 Å². The fourth-order valence-corrected chi connectivity index (χ4v) is 4.66. The van der Waals surface area contributed by atoms with Gasteiger partial charge in [-0.3, -0.25) is 9.59 Å². The van der Waals surface area contributed by atoms with Gasteiger partial charge in [0.2, 0.25) is 11.9 Å². The van der Waals surface area contributed by atoms with Crippen LogP contribution in [0.25, 0.3) is 0 Å². The lowest BCUT2D eigenvalue weighted by atomic mass is 9.84. The summed E-state index contributed by atoms with van der Waals surface area (Å²) in [5.74, 6) is -0.573. The van der Waals surface area contributed by atoms with E-state index in [4.69, 9.17) is 4.74 Å². The number of fused-ring (bicyclic) bond motifs is 1. The van der Waals surface area contributed by atoms with E-state index in [1.807, 2.05) is 0 Å². The molecule has 0 saturated carbocycles. The van der Waals surface area contributed by atoms with E-state index in [1.165, 1.54) is 11.0 Å². The second-order valence-electron chi connectivity index (χ2n) is 8.44. The molecule has 0 bridgehead atoms. The highest BCUT2D eigenvalue weighted by molar-refractivity contribution is 5.87. The molecule has 1 N–H and O–H groups in total. The standard InChI is InChI=1S/C18H25F2N5O3/c1-18(2)11(6-14(26)28-18)16(27)24-5-3-4-10(8-24)12-7-13(15(19)20)25-17(23-12)21-9-22-25/h9-13,15H,3-8H2,1-2H3,(H,21,22,23)/t10-,11+,12-,13+/m0/s1. The van der Waals surface area contributed by atoms with Crippen molar-refractivity contribution >= 4 is 17.8 Å². The number of hydrogen-bond acceptors (Lipinski definition) is 6. The third-order valence-electron chi connectivity index (χ3n) is 6.21. The van der Waals surface area contributed by atoms with E-state index >= 15 is 0 Å². The van der Waals surface area contributed by atoms with Gasteiger partial charge in [0.15, 0.2) is 0 Å². The summed E-state index contributed by atoms with van der Waals surface area (Å²) in [5.41, 5.74) is -0.818. The van der Waals surface area contributed by atoms with Crippen LogP contribution in [0.1, 0.15) is 45.6 Å². The first-order valence-electron chi connectivity index (χ1n) is 9.71. The van der Waals surface area contributed by atoms with Crippen LogP contribution in [0.5, 0.6) is 0 Å². The van der Waals surface area contributed by atoms with Crippen molar-refractivity contribution in [1.29, 1.82) is 0 Å². The SMILES string of the molecule is CC1(C)OC(=O)C[C@@H]1C(=O)N1CCC[C@H]([C@@H]2C[C@H](C(F)F)n3ncnc3N2)C1. The molecule has 0 spiro atoms. The van der Waals surface area contributed by atoms with Crippen LogP contribution >= 0.6 is 0 Å². The van der Waals surface area contributed by atoms with Gasteiger partial charge in [0, 0.05) is 19.1 Å². The smallest absolute Gasteiger partial charge is 0.307 e. The summed E-state index contributed by atoms with van der Waals surface area (Å²) in [7, 11) is 0. The Morgan fingerprint density at radius 3 is 2.89 bits per heavy atom. The lowest BCUT2D eigenvalue weighted by Gasteiger charge is -2.41. The molecular formula is C18H25F2N5O3. The highest BCUT2D eigenvalue weighted by atomic mass is 19.3. The number of hydrogen-bond donors (Lipinski definition) is 1. The zero-order valence-electron chi connectivity index (χ0n) is 16.0. The molecule has 0 unspecified atom stereocenters. The molecule has 2 saturated heterocycles. The molecule has 2 fully saturated rings. The van der Waals surface area contributed by atoms with E-state index in [1.54, 1.807) is 18.7 Å². The molecule has 0 radical (unpaired) electrons. The van der Waals surface area contributed by atoms with E-state index in [9.17, 15) is 18.4 Å². The topological polar surface area (TPSA) is 89.4 Å². The maximum Gasteiger partial charge on any atom is 0.307 e. The molecule has 1 aromatic rings. The highest BCUT2D eigenvalue weighted by Gasteiger charge is 2.48. The molecule has 0 aromatic carbocycles. The number of nitrogens with zero attached hydrogens (tertiary/aromatic N) is 4. The van der Waals surface area contributed by atoms with E-state index < -0.39 is 24.0 Å². The summed E-state index contributed by atoms with van der Waals surface area (Å²) in [5, 5.41) is 7.13. The zero-order valence-corrected chi connectivity index (χ0v) is 16.0. The summed E-state index contributed by atoms with van der Waals surface area (Å²) in [6, 6.07) is -1.23. The van der Waals surface area contributed by atoms with Crippen LogP contribution in [0, 0.1) is 11.8 Å². The van der Waals surface area contributed by atoms with Crippen molar-refractivity contribution in [2.45, 2.75) is 63.6 Å². The van der Waals surface area contributed by atoms with Crippen LogP contribution in [0.2, 0.25) is 0 Å². The number of esters is 1. The van der Waals surface area contributed by atoms with Gasteiger partial charge >= 0.3 is 5.97 Å². The lowest BCUT2D eigenvalue weighted by Crippen LogP contribution is -2.51. The predicted octanol–water partition coefficient (Wildman–Crippen LogP) is 1.85. The van der Waals surface area contributed by atoms with Crippen LogP contribution < -0.4 is 5.32 Å². The minimum absolute atomic E-state index is 0.0329. The van der Waals surface area contributed by atoms with Crippen molar-refractivity contribution in [1.82, 2.24) is 19.7 Å². The minimum atomic E-state index is -2.53. The Balaban J connectivity index is 1.47. The third kappa shape index (κ3) is 3.33. The van der Waals surface area contributed by atoms with Gasteiger partial charge in [-0.05, 0) is 39.0 Å². The molecule has 28 heavy (non-hydrogen) atoms. The van der Waals surface area contributed by atoms with Gasteiger partial charge in [-0.1, -0.05) is 0 Å². The number of anilines is 1. The fraction of sp³-hybridized carbons (Fsp3) is 0.778. The summed E-state index contributed by atoms with van der Waals surface area (Å²) >= 11 is 0. The van der Waals surface area contributed by atoms with Gasteiger partial charge in [0.05, 0.1) is 12.3 Å². The number of rotatable bonds is 3. The summed E-state index contributed by atoms with van der Waals surface area (Å²) in [6.07, 6.45) is 0.699. The summed E-state index contributed by atoms with van der Waals surface area (Å²) < 4.78 is 33.6. The lowest BCUT2D eigenvalue weighted by molar-refractivity contribution is -0.149. The van der Waals surface area contributed by atoms with Gasteiger partial charge in [0.25, 0.3) is 6.43 Å². The number of amides is 1. The summed E-state index contributed by atoms with van der Waals surface area (Å²) in [6.45, 7) is 4.59. The van der Waals surface area contributed by atoms with Gasteiger partial charge in [-0.2, -0.15) is 10.1 Å². The molecule has 3 aliphatic heterocycles. The van der Waals surface area contributed by atoms with E-state index in [2.05, 4.69) is 15.4 Å². The quantitative estimate of drug-likeness (QED) is 0.783. The minimum Gasteiger partial charge on any atom is -0.459 e. The van der Waals surface area contributed by atoms with Gasteiger partial charge in [0.1, 0.15) is 18.0 Å². The zero-order chi connectivity index (χ0) is 20.1. The molecule has 8 nitrogen and oxygen atoms in total. The van der Waals surface area contributed by atoms with Crippen molar-refractivity contribution < 1.29 is 23.1 Å². The van der Waals surface area contributed by atoms with Crippen LogP contribution in [-0.4, -0.2) is 62.7 Å². The average Bonchev–Trinajstić information content (AvgIpc) is 3.23. The number of halogens is 2. The van der Waals surface area contributed by atoms with Crippen LogP contribution in [-0.2, 0) is 14.3 Å². The Morgan fingerprint density at radius 2 is 2.21 bits per heavy atom. The number of cyclic esters (lactones) is 1. The highest BCUT2D eigenvalue weighted by Crippen LogP contribution is 2.37. The Kier molecular flexibility index (Phi) is 4.75. The van der Waals surface area contributed by atoms with E-state index in [0.717, 1.165) is 12.8 Å². The fourth-order valence-electron chi connectivity index (χ4n) is 4.66. The van der Waals surface area contributed by atoms with Crippen LogP contribution in [0.4, 0.5) is 14.7 Å². The predicted molar refractivity (Wildman–Crippen MR) is 94.7 cm³/mol. The molecule has 4 heterocycles. The van der Waals surface area contributed by atoms with Gasteiger partial charge in [-0.15, -0.1) is 0 Å². The first-order valence-corrected chi connectivity index (χ1v) is 9.71. The second-order valence-corrected chi connectivity index (χ2v) is 8.44. The van der Waals surface area contributed by atoms with Crippen molar-refractivity contribution in [3.8, 4) is 0 Å². The molecule has 4 atom stereocenters. The largest absolute Gasteiger partial charge is 0.459 e. The number of alkyl halides is 2. The van der Waals surface area contributed by atoms with Crippen molar-refractivity contribution in [2.75, 3.05) is 18.4 Å². The normalized spacial score (nSPS) is 32.0. The Morgan fingerprint density at radius 1 is 1.43 bits per heavy atom. The van der Waals surface area contributed by atoms with Gasteiger partial charge < -0.3 is 15.0 Å². The second kappa shape index (κ2) is 6.97. The van der Waals surface area contributed by atoms with Gasteiger partial charge in [-0.25, -0.2) is 13.5 Å². The first-order chi connectivity index (χ1) is 13.3. The number of likely N-dealkylation sites (tertiary alicyclic amines) is 1. The van der Waals surface area contributed by atoms with Crippen molar-refractivity contribution in [3.63, 3.8) is 0 Å². The number of nitrogens with one attached hydrogen (secondary N) is 1. The third-order valence-corrected chi connectivity index (χ3v) is 6.21. The molecule has 10 heteroatoms. The molecular weight excluding hydrogens is 372 g/mol. The number of carbonyl (C=O) groups is 2. The molecule has 3 aliphatic rings. The first kappa shape index (κ1) is 19.1.